The van der Waals surface area contributed by atoms with Crippen LogP contribution < -0.4 is 10.6 Å². The van der Waals surface area contributed by atoms with E-state index in [4.69, 9.17) is 0 Å². The van der Waals surface area contributed by atoms with Gasteiger partial charge in [0.05, 0.1) is 13.1 Å². The molecule has 1 atom stereocenters. The Morgan fingerprint density at radius 1 is 1.29 bits per heavy atom. The van der Waals surface area contributed by atoms with Gasteiger partial charge in [0.15, 0.2) is 0 Å². The van der Waals surface area contributed by atoms with Crippen LogP contribution in [-0.2, 0) is 18.6 Å². The number of hydrogen-bond acceptors (Lipinski definition) is 4. The van der Waals surface area contributed by atoms with Gasteiger partial charge in [-0.25, -0.2) is 4.79 Å². The quantitative estimate of drug-likeness (QED) is 0.810. The van der Waals surface area contributed by atoms with Crippen LogP contribution in [0.4, 0.5) is 4.79 Å². The zero-order valence-electron chi connectivity index (χ0n) is 11.6. The summed E-state index contributed by atoms with van der Waals surface area (Å²) in [6.45, 7) is 0.776. The molecule has 2 aromatic heterocycles. The topological polar surface area (TPSA) is 61.4 Å². The Hall–Kier alpha value is -1.37. The first-order valence-electron chi connectivity index (χ1n) is 7.01. The number of carbonyl (C=O) groups is 1. The fourth-order valence-corrected chi connectivity index (χ4v) is 4.34. The second kappa shape index (κ2) is 6.17. The van der Waals surface area contributed by atoms with Crippen LogP contribution in [0.25, 0.3) is 0 Å². The molecule has 0 bridgehead atoms. The second-order valence-electron chi connectivity index (χ2n) is 5.26. The highest BCUT2D eigenvalue weighted by Crippen LogP contribution is 2.37. The minimum atomic E-state index is -0.923. The highest BCUT2D eigenvalue weighted by Gasteiger charge is 2.35. The lowest BCUT2D eigenvalue weighted by Gasteiger charge is -2.32. The summed E-state index contributed by atoms with van der Waals surface area (Å²) < 4.78 is 0. The minimum absolute atomic E-state index is 0.237. The van der Waals surface area contributed by atoms with Crippen molar-refractivity contribution >= 4 is 28.7 Å². The normalized spacial score (nSPS) is 20.8. The van der Waals surface area contributed by atoms with Crippen molar-refractivity contribution in [3.05, 3.63) is 44.3 Å². The van der Waals surface area contributed by atoms with Crippen molar-refractivity contribution in [1.29, 1.82) is 0 Å². The van der Waals surface area contributed by atoms with Crippen LogP contribution in [0.2, 0.25) is 0 Å². The number of aryl methyl sites for hydroxylation is 1. The first kappa shape index (κ1) is 14.6. The van der Waals surface area contributed by atoms with Gasteiger partial charge in [0.1, 0.15) is 5.60 Å². The van der Waals surface area contributed by atoms with Crippen molar-refractivity contribution in [2.45, 2.75) is 31.4 Å². The molecule has 0 saturated carbocycles. The predicted molar refractivity (Wildman–Crippen MR) is 85.7 cm³/mol. The molecule has 2 amide bonds. The number of amides is 2. The van der Waals surface area contributed by atoms with Gasteiger partial charge in [-0.05, 0) is 47.7 Å². The van der Waals surface area contributed by atoms with E-state index in [1.807, 2.05) is 29.0 Å². The second-order valence-corrected chi connectivity index (χ2v) is 7.29. The summed E-state index contributed by atoms with van der Waals surface area (Å²) in [6.07, 6.45) is 2.68. The molecule has 0 saturated heterocycles. The van der Waals surface area contributed by atoms with Crippen molar-refractivity contribution in [2.75, 3.05) is 6.54 Å². The van der Waals surface area contributed by atoms with Gasteiger partial charge in [-0.2, -0.15) is 0 Å². The Kier molecular flexibility index (Phi) is 4.28. The fourth-order valence-electron chi connectivity index (χ4n) is 2.68. The fraction of sp³-hybridized carbons (Fsp3) is 0.400. The van der Waals surface area contributed by atoms with Crippen LogP contribution in [0.1, 0.15) is 28.2 Å². The SMILES string of the molecule is O=C(NCc1cccs1)NCC1(O)CCCc2sccc21. The number of carbonyl (C=O) groups excluding carboxylic acids is 1. The summed E-state index contributed by atoms with van der Waals surface area (Å²) in [5.41, 5.74) is 0.0609. The summed E-state index contributed by atoms with van der Waals surface area (Å²) in [5.74, 6) is 0. The van der Waals surface area contributed by atoms with Crippen molar-refractivity contribution < 1.29 is 9.90 Å². The zero-order chi connectivity index (χ0) is 14.7. The largest absolute Gasteiger partial charge is 0.383 e. The Bertz CT molecular complexity index is 609. The van der Waals surface area contributed by atoms with Gasteiger partial charge < -0.3 is 15.7 Å². The van der Waals surface area contributed by atoms with Crippen LogP contribution in [0.3, 0.4) is 0 Å². The molecule has 2 aromatic rings. The third kappa shape index (κ3) is 3.28. The lowest BCUT2D eigenvalue weighted by molar-refractivity contribution is 0.0225. The van der Waals surface area contributed by atoms with Crippen LogP contribution in [0, 0.1) is 0 Å². The minimum Gasteiger partial charge on any atom is -0.383 e. The predicted octanol–water partition coefficient (Wildman–Crippen LogP) is 2.83. The maximum Gasteiger partial charge on any atom is 0.315 e. The van der Waals surface area contributed by atoms with E-state index in [2.05, 4.69) is 10.6 Å². The van der Waals surface area contributed by atoms with Crippen LogP contribution in [0.15, 0.2) is 29.0 Å². The summed E-state index contributed by atoms with van der Waals surface area (Å²) in [4.78, 5) is 14.2. The molecule has 1 aliphatic carbocycles. The van der Waals surface area contributed by atoms with Crippen molar-refractivity contribution in [3.63, 3.8) is 0 Å². The van der Waals surface area contributed by atoms with Gasteiger partial charge >= 0.3 is 6.03 Å². The van der Waals surface area contributed by atoms with Gasteiger partial charge in [-0.3, -0.25) is 0 Å². The Morgan fingerprint density at radius 2 is 2.19 bits per heavy atom. The number of hydrogen-bond donors (Lipinski definition) is 3. The van der Waals surface area contributed by atoms with Crippen molar-refractivity contribution in [2.24, 2.45) is 0 Å². The standard InChI is InChI=1S/C15H18N2O2S2/c18-14(16-9-11-3-2-7-20-11)17-10-15(19)6-1-4-13-12(15)5-8-21-13/h2-3,5,7-8,19H,1,4,6,9-10H2,(H2,16,17,18). The van der Waals surface area contributed by atoms with E-state index in [-0.39, 0.29) is 12.6 Å². The monoisotopic (exact) mass is 322 g/mol. The van der Waals surface area contributed by atoms with E-state index in [9.17, 15) is 9.90 Å². The number of nitrogens with one attached hydrogen (secondary N) is 2. The maximum atomic E-state index is 11.8. The molecule has 6 heteroatoms. The average Bonchev–Trinajstić information content (AvgIpc) is 3.14. The first-order valence-corrected chi connectivity index (χ1v) is 8.77. The van der Waals surface area contributed by atoms with E-state index < -0.39 is 5.60 Å². The smallest absolute Gasteiger partial charge is 0.315 e. The first-order chi connectivity index (χ1) is 10.2. The van der Waals surface area contributed by atoms with Gasteiger partial charge in [-0.15, -0.1) is 22.7 Å². The van der Waals surface area contributed by atoms with Crippen LogP contribution in [0.5, 0.6) is 0 Å². The van der Waals surface area contributed by atoms with Crippen molar-refractivity contribution in [3.8, 4) is 0 Å². The third-order valence-corrected chi connectivity index (χ3v) is 5.64. The molecule has 0 radical (unpaired) electrons. The van der Waals surface area contributed by atoms with E-state index in [0.717, 1.165) is 23.3 Å². The molecule has 21 heavy (non-hydrogen) atoms. The number of urea groups is 1. The number of fused-ring (bicyclic) bond motifs is 1. The zero-order valence-corrected chi connectivity index (χ0v) is 13.2. The number of thiophene rings is 2. The molecule has 0 fully saturated rings. The third-order valence-electron chi connectivity index (χ3n) is 3.79. The molecule has 0 aliphatic heterocycles. The number of aliphatic hydroxyl groups is 1. The Labute approximate surface area is 131 Å². The van der Waals surface area contributed by atoms with Crippen molar-refractivity contribution in [1.82, 2.24) is 10.6 Å². The van der Waals surface area contributed by atoms with E-state index in [1.165, 1.54) is 4.88 Å². The molecular weight excluding hydrogens is 304 g/mol. The molecule has 3 N–H and O–H groups in total. The lowest BCUT2D eigenvalue weighted by Crippen LogP contribution is -2.45. The summed E-state index contributed by atoms with van der Waals surface area (Å²) in [6, 6.07) is 5.68. The molecule has 2 heterocycles. The molecular formula is C15H18N2O2S2. The van der Waals surface area contributed by atoms with E-state index in [0.29, 0.717) is 13.0 Å². The molecule has 1 unspecified atom stereocenters. The highest BCUT2D eigenvalue weighted by atomic mass is 32.1. The molecule has 0 aromatic carbocycles. The lowest BCUT2D eigenvalue weighted by atomic mass is 9.83. The van der Waals surface area contributed by atoms with Gasteiger partial charge in [-0.1, -0.05) is 6.07 Å². The number of rotatable bonds is 4. The Morgan fingerprint density at radius 3 is 3.00 bits per heavy atom. The molecule has 112 valence electrons. The van der Waals surface area contributed by atoms with Gasteiger partial charge in [0.2, 0.25) is 0 Å². The molecule has 0 spiro atoms. The van der Waals surface area contributed by atoms with E-state index in [1.54, 1.807) is 22.7 Å². The summed E-state index contributed by atoms with van der Waals surface area (Å²) >= 11 is 3.30. The Balaban J connectivity index is 1.54. The average molecular weight is 322 g/mol. The van der Waals surface area contributed by atoms with Crippen LogP contribution in [-0.4, -0.2) is 17.7 Å². The summed E-state index contributed by atoms with van der Waals surface area (Å²) in [7, 11) is 0. The highest BCUT2D eigenvalue weighted by molar-refractivity contribution is 7.10. The maximum absolute atomic E-state index is 11.8. The summed E-state index contributed by atoms with van der Waals surface area (Å²) in [5, 5.41) is 20.4. The molecule has 4 nitrogen and oxygen atoms in total. The molecule has 3 rings (SSSR count). The van der Waals surface area contributed by atoms with Gasteiger partial charge in [0.25, 0.3) is 0 Å². The van der Waals surface area contributed by atoms with E-state index >= 15 is 0 Å². The molecule has 1 aliphatic rings. The van der Waals surface area contributed by atoms with Crippen LogP contribution >= 0.6 is 22.7 Å². The van der Waals surface area contributed by atoms with Gasteiger partial charge in [0, 0.05) is 9.75 Å².